The smallest absolute Gasteiger partial charge is 0.329 e. The quantitative estimate of drug-likeness (QED) is 0.380. The number of rotatable bonds is 4. The number of carbonyl (C=O) groups excluding carboxylic acids is 2. The lowest BCUT2D eigenvalue weighted by Gasteiger charge is -2.47. The molecule has 0 saturated carbocycles. The van der Waals surface area contributed by atoms with Crippen LogP contribution in [0.5, 0.6) is 0 Å². The van der Waals surface area contributed by atoms with Crippen LogP contribution >= 0.6 is 0 Å². The number of pyridine rings is 1. The van der Waals surface area contributed by atoms with Crippen LogP contribution in [0.1, 0.15) is 12.8 Å². The highest BCUT2D eigenvalue weighted by Gasteiger charge is 2.54. The molecule has 0 spiro atoms. The average molecular weight is 536 g/mol. The van der Waals surface area contributed by atoms with Crippen molar-refractivity contribution < 1.29 is 19.5 Å². The highest BCUT2D eigenvalue weighted by atomic mass is 16.4. The minimum absolute atomic E-state index is 0.126. The molecule has 1 N–H and O–H groups in total. The number of nitrogens with zero attached hydrogens (tertiary/aromatic N) is 5. The molecule has 3 heterocycles. The Morgan fingerprint density at radius 2 is 1.50 bits per heavy atom. The first-order chi connectivity index (χ1) is 19.4. The molecule has 202 valence electrons. The molecule has 40 heavy (non-hydrogen) atoms. The van der Waals surface area contributed by atoms with E-state index < -0.39 is 24.1 Å². The lowest BCUT2D eigenvalue weighted by atomic mass is 10.0. The van der Waals surface area contributed by atoms with Crippen LogP contribution in [-0.2, 0) is 4.79 Å². The fourth-order valence-electron chi connectivity index (χ4n) is 5.94. The summed E-state index contributed by atoms with van der Waals surface area (Å²) in [5, 5.41) is 11.4. The lowest BCUT2D eigenvalue weighted by molar-refractivity contribution is -0.145. The number of piperazine rings is 1. The number of carboxylic acid groups (broad SMARTS) is 1. The van der Waals surface area contributed by atoms with Crippen molar-refractivity contribution in [3.05, 3.63) is 97.2 Å². The molecule has 4 aromatic rings. The van der Waals surface area contributed by atoms with E-state index >= 15 is 0 Å². The number of urea groups is 2. The Morgan fingerprint density at radius 3 is 2.15 bits per heavy atom. The molecule has 4 amide bonds. The summed E-state index contributed by atoms with van der Waals surface area (Å²) in [7, 11) is 1.69. The fraction of sp³-hybridized carbons (Fsp3) is 0.226. The predicted molar refractivity (Wildman–Crippen MR) is 153 cm³/mol. The normalized spacial score (nSPS) is 19.9. The number of carboxylic acids is 1. The van der Waals surface area contributed by atoms with Crippen molar-refractivity contribution in [3.63, 3.8) is 0 Å². The molecule has 6 rings (SSSR count). The first-order valence-corrected chi connectivity index (χ1v) is 13.3. The van der Waals surface area contributed by atoms with Gasteiger partial charge in [-0.3, -0.25) is 14.8 Å². The van der Waals surface area contributed by atoms with Crippen LogP contribution in [0, 0.1) is 0 Å². The van der Waals surface area contributed by atoms with Crippen LogP contribution in [0.15, 0.2) is 97.2 Å². The van der Waals surface area contributed by atoms with E-state index in [1.165, 1.54) is 9.80 Å². The van der Waals surface area contributed by atoms with E-state index in [-0.39, 0.29) is 18.6 Å². The van der Waals surface area contributed by atoms with Crippen molar-refractivity contribution in [1.29, 1.82) is 0 Å². The average Bonchev–Trinajstić information content (AvgIpc) is 3.29. The summed E-state index contributed by atoms with van der Waals surface area (Å²) in [6.07, 6.45) is 2.82. The second kappa shape index (κ2) is 10.3. The second-order valence-electron chi connectivity index (χ2n) is 10.2. The number of hydrogen-bond acceptors (Lipinski definition) is 4. The molecule has 9 heteroatoms. The van der Waals surface area contributed by atoms with Crippen molar-refractivity contribution in [3.8, 4) is 0 Å². The summed E-state index contributed by atoms with van der Waals surface area (Å²) >= 11 is 0. The van der Waals surface area contributed by atoms with Crippen LogP contribution in [0.25, 0.3) is 10.9 Å². The molecule has 2 saturated heterocycles. The summed E-state index contributed by atoms with van der Waals surface area (Å²) < 4.78 is 0. The summed E-state index contributed by atoms with van der Waals surface area (Å²) in [6, 6.07) is 25.0. The molecule has 3 atom stereocenters. The van der Waals surface area contributed by atoms with Gasteiger partial charge in [0.15, 0.2) is 6.04 Å². The Bertz CT molecular complexity index is 1520. The topological polar surface area (TPSA) is 97.3 Å². The molecule has 1 aromatic heterocycles. The maximum absolute atomic E-state index is 14.2. The molecular formula is C31H29N5O4. The largest absolute Gasteiger partial charge is 0.480 e. The van der Waals surface area contributed by atoms with Crippen molar-refractivity contribution in [2.45, 2.75) is 31.0 Å². The number of carbonyl (C=O) groups is 3. The summed E-state index contributed by atoms with van der Waals surface area (Å²) in [5.41, 5.74) is 2.71. The molecular weight excluding hydrogens is 506 g/mol. The Labute approximate surface area is 231 Å². The van der Waals surface area contributed by atoms with E-state index in [2.05, 4.69) is 4.98 Å². The van der Waals surface area contributed by atoms with E-state index in [1.807, 2.05) is 91.0 Å². The molecule has 0 aliphatic carbocycles. The number of likely N-dealkylation sites (tertiary alicyclic amines) is 1. The van der Waals surface area contributed by atoms with E-state index in [4.69, 9.17) is 0 Å². The SMILES string of the molecule is CN(C(=O)N1[C@H]2CC[C@@H]1[C@@H](C(=O)O)N(C(=O)N(c1ccccc1)c1ccccc1)C2)c1ccc2cccnc2c1. The van der Waals surface area contributed by atoms with Crippen LogP contribution in [0.4, 0.5) is 26.7 Å². The summed E-state index contributed by atoms with van der Waals surface area (Å²) in [6.45, 7) is 0.126. The van der Waals surface area contributed by atoms with E-state index in [0.717, 1.165) is 10.9 Å². The van der Waals surface area contributed by atoms with Crippen molar-refractivity contribution >= 4 is 46.0 Å². The fourth-order valence-corrected chi connectivity index (χ4v) is 5.94. The van der Waals surface area contributed by atoms with Gasteiger partial charge >= 0.3 is 18.0 Å². The number of amides is 4. The lowest BCUT2D eigenvalue weighted by Crippen LogP contribution is -2.67. The van der Waals surface area contributed by atoms with Gasteiger partial charge in [0.25, 0.3) is 0 Å². The van der Waals surface area contributed by atoms with Crippen LogP contribution in [0.3, 0.4) is 0 Å². The predicted octanol–water partition coefficient (Wildman–Crippen LogP) is 5.35. The minimum atomic E-state index is -1.18. The maximum atomic E-state index is 14.2. The van der Waals surface area contributed by atoms with Crippen molar-refractivity contribution in [1.82, 2.24) is 14.8 Å². The van der Waals surface area contributed by atoms with E-state index in [1.54, 1.807) is 23.0 Å². The zero-order valence-corrected chi connectivity index (χ0v) is 22.0. The van der Waals surface area contributed by atoms with E-state index in [9.17, 15) is 19.5 Å². The van der Waals surface area contributed by atoms with Gasteiger partial charge in [-0.25, -0.2) is 14.4 Å². The van der Waals surface area contributed by atoms with Gasteiger partial charge in [-0.2, -0.15) is 0 Å². The first-order valence-electron chi connectivity index (χ1n) is 13.3. The van der Waals surface area contributed by atoms with Crippen LogP contribution in [-0.4, -0.2) is 69.6 Å². The summed E-state index contributed by atoms with van der Waals surface area (Å²) in [4.78, 5) is 51.3. The van der Waals surface area contributed by atoms with Gasteiger partial charge in [0.2, 0.25) is 0 Å². The second-order valence-corrected chi connectivity index (χ2v) is 10.2. The standard InChI is InChI=1S/C31H29N5O4/c1-33(24-15-14-21-9-8-18-32-26(21)19-24)30(39)36-25-16-17-27(36)28(29(37)38)34(20-25)31(40)35(22-10-4-2-5-11-22)23-12-6-3-7-13-23/h2-15,18-19,25,27-28H,16-17,20H2,1H3,(H,37,38)/t25-,27+,28-/m0/s1. The number of aromatic nitrogens is 1. The van der Waals surface area contributed by atoms with Gasteiger partial charge in [0.1, 0.15) is 0 Å². The van der Waals surface area contributed by atoms with Gasteiger partial charge < -0.3 is 14.9 Å². The number of benzene rings is 3. The van der Waals surface area contributed by atoms with Gasteiger partial charge in [-0.05, 0) is 55.3 Å². The van der Waals surface area contributed by atoms with Gasteiger partial charge in [-0.1, -0.05) is 48.5 Å². The Kier molecular flexibility index (Phi) is 6.55. The monoisotopic (exact) mass is 535 g/mol. The minimum Gasteiger partial charge on any atom is -0.480 e. The molecule has 0 radical (unpaired) electrons. The third-order valence-corrected chi connectivity index (χ3v) is 7.86. The van der Waals surface area contributed by atoms with Gasteiger partial charge in [0.05, 0.1) is 29.0 Å². The van der Waals surface area contributed by atoms with Crippen LogP contribution < -0.4 is 9.80 Å². The number of hydrogen-bond donors (Lipinski definition) is 1. The van der Waals surface area contributed by atoms with Crippen molar-refractivity contribution in [2.24, 2.45) is 0 Å². The molecule has 2 aliphatic rings. The third-order valence-electron chi connectivity index (χ3n) is 7.86. The molecule has 2 aliphatic heterocycles. The highest BCUT2D eigenvalue weighted by molar-refractivity contribution is 6.02. The van der Waals surface area contributed by atoms with E-state index in [0.29, 0.717) is 29.9 Å². The molecule has 3 aromatic carbocycles. The zero-order valence-electron chi connectivity index (χ0n) is 22.0. The molecule has 2 bridgehead atoms. The van der Waals surface area contributed by atoms with Gasteiger partial charge in [0, 0.05) is 30.9 Å². The Hall–Kier alpha value is -4.92. The zero-order chi connectivity index (χ0) is 27.8. The van der Waals surface area contributed by atoms with Gasteiger partial charge in [-0.15, -0.1) is 0 Å². The Balaban J connectivity index is 1.31. The van der Waals surface area contributed by atoms with Crippen LogP contribution in [0.2, 0.25) is 0 Å². The maximum Gasteiger partial charge on any atom is 0.329 e. The molecule has 2 fully saturated rings. The molecule has 9 nitrogen and oxygen atoms in total. The number of fused-ring (bicyclic) bond motifs is 3. The van der Waals surface area contributed by atoms with Crippen molar-refractivity contribution in [2.75, 3.05) is 23.4 Å². The first kappa shape index (κ1) is 25.4. The number of para-hydroxylation sites is 2. The number of aliphatic carboxylic acids is 1. The highest BCUT2D eigenvalue weighted by Crippen LogP contribution is 2.38. The third kappa shape index (κ3) is 4.39. The Morgan fingerprint density at radius 1 is 0.825 bits per heavy atom. The number of anilines is 3. The molecule has 0 unspecified atom stereocenters. The summed E-state index contributed by atoms with van der Waals surface area (Å²) in [5.74, 6) is -1.13.